The number of carbonyl (C=O) groups is 1. The topological polar surface area (TPSA) is 53.4 Å². The summed E-state index contributed by atoms with van der Waals surface area (Å²) in [6, 6.07) is 10.1. The van der Waals surface area contributed by atoms with E-state index in [4.69, 9.17) is 0 Å². The number of nitrogens with zero attached hydrogens (tertiary/aromatic N) is 2. The van der Waals surface area contributed by atoms with E-state index in [1.165, 1.54) is 11.3 Å². The molecule has 1 N–H and O–H groups in total. The number of thiazole rings is 1. The average Bonchev–Trinajstić information content (AvgIpc) is 3.18. The predicted molar refractivity (Wildman–Crippen MR) is 106 cm³/mol. The lowest BCUT2D eigenvalue weighted by Crippen LogP contribution is -2.59. The molecule has 2 heterocycles. The molecule has 4 nitrogen and oxygen atoms in total. The van der Waals surface area contributed by atoms with Gasteiger partial charge in [0.25, 0.3) is 5.91 Å². The van der Waals surface area contributed by atoms with Crippen molar-refractivity contribution in [3.8, 4) is 0 Å². The Balaban J connectivity index is 1.63. The van der Waals surface area contributed by atoms with Crippen molar-refractivity contribution in [1.29, 1.82) is 0 Å². The highest BCUT2D eigenvalue weighted by molar-refractivity contribution is 8.00. The molecule has 0 bridgehead atoms. The second-order valence-electron chi connectivity index (χ2n) is 7.20. The summed E-state index contributed by atoms with van der Waals surface area (Å²) < 4.78 is 0.923. The number of hydrogen-bond acceptors (Lipinski definition) is 5. The van der Waals surface area contributed by atoms with E-state index in [1.54, 1.807) is 11.8 Å². The Labute approximate surface area is 162 Å². The van der Waals surface area contributed by atoms with Crippen molar-refractivity contribution in [2.75, 3.05) is 12.8 Å². The molecule has 1 aromatic heterocycles. The van der Waals surface area contributed by atoms with Crippen LogP contribution in [0.5, 0.6) is 0 Å². The van der Waals surface area contributed by atoms with Gasteiger partial charge < -0.3 is 10.0 Å². The van der Waals surface area contributed by atoms with Gasteiger partial charge in [-0.05, 0) is 31.1 Å². The van der Waals surface area contributed by atoms with Crippen molar-refractivity contribution in [2.45, 2.75) is 48.1 Å². The summed E-state index contributed by atoms with van der Waals surface area (Å²) in [5, 5.41) is 13.5. The van der Waals surface area contributed by atoms with Crippen LogP contribution in [0.2, 0.25) is 0 Å². The Hall–Kier alpha value is -1.37. The number of fused-ring (bicyclic) bond motifs is 1. The summed E-state index contributed by atoms with van der Waals surface area (Å²) >= 11 is 3.09. The van der Waals surface area contributed by atoms with Crippen LogP contribution in [0.4, 0.5) is 0 Å². The van der Waals surface area contributed by atoms with Gasteiger partial charge in [0.2, 0.25) is 0 Å². The van der Waals surface area contributed by atoms with Crippen LogP contribution in [0.15, 0.2) is 40.1 Å². The van der Waals surface area contributed by atoms with Gasteiger partial charge in [0.1, 0.15) is 10.0 Å². The van der Waals surface area contributed by atoms with Crippen LogP contribution in [-0.4, -0.2) is 39.7 Å². The van der Waals surface area contributed by atoms with E-state index >= 15 is 0 Å². The van der Waals surface area contributed by atoms with E-state index in [-0.39, 0.29) is 17.9 Å². The van der Waals surface area contributed by atoms with Gasteiger partial charge in [-0.3, -0.25) is 4.79 Å². The lowest BCUT2D eigenvalue weighted by atomic mass is 9.66. The van der Waals surface area contributed by atoms with Crippen LogP contribution >= 0.6 is 23.1 Å². The molecular formula is C20H24N2O2S2. The summed E-state index contributed by atoms with van der Waals surface area (Å²) in [6.45, 7) is 0.581. The minimum absolute atomic E-state index is 0.0218. The highest BCUT2D eigenvalue weighted by Gasteiger charge is 2.50. The highest BCUT2D eigenvalue weighted by atomic mass is 32.2. The Morgan fingerprint density at radius 1 is 1.31 bits per heavy atom. The number of thioether (sulfide) groups is 1. The van der Waals surface area contributed by atoms with Crippen molar-refractivity contribution in [1.82, 2.24) is 9.88 Å². The standard InChI is InChI=1S/C20H24N2O2S2/c1-25-19-21-16(13-26-19)18(23)22-12-11-20(24,14-7-3-2-4-8-14)15-9-5-6-10-17(15)22/h2-4,7-8,13,15,17,24H,5-6,9-12H2,1H3. The average molecular weight is 389 g/mol. The first-order valence-corrected chi connectivity index (χ1v) is 11.3. The third-order valence-corrected chi connectivity index (χ3v) is 7.75. The minimum Gasteiger partial charge on any atom is -0.385 e. The second-order valence-corrected chi connectivity index (χ2v) is 9.11. The fourth-order valence-electron chi connectivity index (χ4n) is 4.62. The Morgan fingerprint density at radius 3 is 2.81 bits per heavy atom. The zero-order valence-electron chi connectivity index (χ0n) is 14.9. The molecule has 3 atom stereocenters. The molecule has 1 amide bonds. The van der Waals surface area contributed by atoms with Gasteiger partial charge in [-0.1, -0.05) is 54.9 Å². The lowest BCUT2D eigenvalue weighted by molar-refractivity contribution is -0.110. The van der Waals surface area contributed by atoms with Gasteiger partial charge in [-0.15, -0.1) is 11.3 Å². The zero-order chi connectivity index (χ0) is 18.1. The molecule has 0 radical (unpaired) electrons. The van der Waals surface area contributed by atoms with Gasteiger partial charge >= 0.3 is 0 Å². The van der Waals surface area contributed by atoms with E-state index in [2.05, 4.69) is 4.98 Å². The predicted octanol–water partition coefficient (Wildman–Crippen LogP) is 4.16. The van der Waals surface area contributed by atoms with Crippen molar-refractivity contribution in [2.24, 2.45) is 5.92 Å². The molecule has 4 rings (SSSR count). The SMILES string of the molecule is CSc1nc(C(=O)N2CCC(O)(c3ccccc3)C3CCCCC32)cs1. The maximum atomic E-state index is 13.1. The van der Waals surface area contributed by atoms with Gasteiger partial charge in [0, 0.05) is 23.9 Å². The smallest absolute Gasteiger partial charge is 0.273 e. The normalized spacial score (nSPS) is 28.6. The number of likely N-dealkylation sites (tertiary alicyclic amines) is 1. The van der Waals surface area contributed by atoms with E-state index < -0.39 is 5.60 Å². The maximum absolute atomic E-state index is 13.1. The zero-order valence-corrected chi connectivity index (χ0v) is 16.6. The Morgan fingerprint density at radius 2 is 2.08 bits per heavy atom. The molecule has 26 heavy (non-hydrogen) atoms. The maximum Gasteiger partial charge on any atom is 0.273 e. The molecule has 2 aromatic rings. The third kappa shape index (κ3) is 3.08. The van der Waals surface area contributed by atoms with Gasteiger partial charge in [-0.2, -0.15) is 0 Å². The van der Waals surface area contributed by atoms with E-state index in [1.807, 2.05) is 46.9 Å². The first-order valence-electron chi connectivity index (χ1n) is 9.22. The second kappa shape index (κ2) is 7.33. The lowest BCUT2D eigenvalue weighted by Gasteiger charge is -2.52. The molecule has 138 valence electrons. The largest absolute Gasteiger partial charge is 0.385 e. The molecule has 2 aliphatic rings. The van der Waals surface area contributed by atoms with Crippen LogP contribution in [0.25, 0.3) is 0 Å². The fraction of sp³-hybridized carbons (Fsp3) is 0.500. The minimum atomic E-state index is -0.838. The molecule has 3 unspecified atom stereocenters. The van der Waals surface area contributed by atoms with E-state index in [9.17, 15) is 9.90 Å². The number of piperidine rings is 1. The molecule has 6 heteroatoms. The van der Waals surface area contributed by atoms with Gasteiger partial charge in [0.05, 0.1) is 5.60 Å². The third-order valence-electron chi connectivity index (χ3n) is 5.89. The van der Waals surface area contributed by atoms with Crippen molar-refractivity contribution in [3.63, 3.8) is 0 Å². The quantitative estimate of drug-likeness (QED) is 0.802. The van der Waals surface area contributed by atoms with Gasteiger partial charge in [-0.25, -0.2) is 4.98 Å². The number of carbonyl (C=O) groups excluding carboxylic acids is 1. The van der Waals surface area contributed by atoms with E-state index in [0.29, 0.717) is 18.7 Å². The molecular weight excluding hydrogens is 364 g/mol. The number of hydrogen-bond donors (Lipinski definition) is 1. The summed E-state index contributed by atoms with van der Waals surface area (Å²) in [5.41, 5.74) is 0.700. The summed E-state index contributed by atoms with van der Waals surface area (Å²) in [6.07, 6.45) is 6.72. The molecule has 1 saturated heterocycles. The molecule has 1 aliphatic carbocycles. The molecule has 1 saturated carbocycles. The fourth-order valence-corrected chi connectivity index (χ4v) is 5.85. The number of amides is 1. The van der Waals surface area contributed by atoms with Crippen LogP contribution < -0.4 is 0 Å². The van der Waals surface area contributed by atoms with Crippen LogP contribution in [-0.2, 0) is 5.60 Å². The van der Waals surface area contributed by atoms with Crippen LogP contribution in [0.1, 0.15) is 48.2 Å². The number of rotatable bonds is 3. The Kier molecular flexibility index (Phi) is 5.08. The molecule has 2 fully saturated rings. The number of aromatic nitrogens is 1. The van der Waals surface area contributed by atoms with Crippen molar-refractivity contribution in [3.05, 3.63) is 47.0 Å². The van der Waals surface area contributed by atoms with Crippen LogP contribution in [0.3, 0.4) is 0 Å². The first-order chi connectivity index (χ1) is 12.6. The summed E-state index contributed by atoms with van der Waals surface area (Å²) in [7, 11) is 0. The van der Waals surface area contributed by atoms with E-state index in [0.717, 1.165) is 35.6 Å². The Bertz CT molecular complexity index is 779. The van der Waals surface area contributed by atoms with Crippen LogP contribution in [0, 0.1) is 5.92 Å². The molecule has 0 spiro atoms. The highest BCUT2D eigenvalue weighted by Crippen LogP contribution is 2.47. The summed E-state index contributed by atoms with van der Waals surface area (Å²) in [4.78, 5) is 19.6. The molecule has 1 aromatic carbocycles. The first kappa shape index (κ1) is 18.0. The van der Waals surface area contributed by atoms with Gasteiger partial charge in [0.15, 0.2) is 0 Å². The summed E-state index contributed by atoms with van der Waals surface area (Å²) in [5.74, 6) is 0.114. The number of benzene rings is 1. The number of aliphatic hydroxyl groups is 1. The van der Waals surface area contributed by atoms with Crippen molar-refractivity contribution >= 4 is 29.0 Å². The monoisotopic (exact) mass is 388 g/mol. The van der Waals surface area contributed by atoms with Crippen molar-refractivity contribution < 1.29 is 9.90 Å². The molecule has 1 aliphatic heterocycles.